The third-order valence-corrected chi connectivity index (χ3v) is 5.74. The van der Waals surface area contributed by atoms with Gasteiger partial charge in [0.25, 0.3) is 11.7 Å². The number of likely N-dealkylation sites (tertiary alicyclic amines) is 1. The van der Waals surface area contributed by atoms with Gasteiger partial charge in [0, 0.05) is 12.1 Å². The number of benzene rings is 2. The molecule has 1 heterocycles. The van der Waals surface area contributed by atoms with Crippen molar-refractivity contribution in [2.24, 2.45) is 0 Å². The Morgan fingerprint density at radius 2 is 1.76 bits per heavy atom. The molecule has 0 bridgehead atoms. The summed E-state index contributed by atoms with van der Waals surface area (Å²) < 4.78 is 10.8. The number of methoxy groups -OCH3 is 1. The highest BCUT2D eigenvalue weighted by Gasteiger charge is 2.45. The van der Waals surface area contributed by atoms with Gasteiger partial charge in [-0.2, -0.15) is 0 Å². The second-order valence-corrected chi connectivity index (χ2v) is 8.33. The van der Waals surface area contributed by atoms with Gasteiger partial charge in [0.2, 0.25) is 0 Å². The fourth-order valence-electron chi connectivity index (χ4n) is 4.10. The first-order chi connectivity index (χ1) is 15.8. The lowest BCUT2D eigenvalue weighted by molar-refractivity contribution is -0.139. The number of hydrogen-bond acceptors (Lipinski definition) is 6. The minimum atomic E-state index is -0.677. The standard InChI is InChI=1S/C26H32N2O5/c1-6-33-20-12-13-21(17(2)16-20)24(29)22-23(18-8-10-19(32-5)11-9-18)28(26(31)25(22)30)15-7-14-27(3)4/h8-13,16,23,29H,6-7,14-15H2,1-5H3/t23-/m1/s1. The highest BCUT2D eigenvalue weighted by atomic mass is 16.5. The molecule has 7 heteroatoms. The van der Waals surface area contributed by atoms with Crippen molar-refractivity contribution in [3.63, 3.8) is 0 Å². The number of carbonyl (C=O) groups is 2. The molecule has 3 rings (SSSR count). The fourth-order valence-corrected chi connectivity index (χ4v) is 4.10. The molecule has 0 aromatic heterocycles. The molecule has 0 spiro atoms. The number of rotatable bonds is 9. The lowest BCUT2D eigenvalue weighted by atomic mass is 9.93. The summed E-state index contributed by atoms with van der Waals surface area (Å²) in [6.45, 7) is 5.44. The number of aliphatic hydroxyl groups excluding tert-OH is 1. The Morgan fingerprint density at radius 1 is 1.09 bits per heavy atom. The molecule has 1 atom stereocenters. The van der Waals surface area contributed by atoms with Crippen LogP contribution in [0.2, 0.25) is 0 Å². The summed E-state index contributed by atoms with van der Waals surface area (Å²) in [5.41, 5.74) is 2.10. The topological polar surface area (TPSA) is 79.3 Å². The number of ketones is 1. The van der Waals surface area contributed by atoms with Gasteiger partial charge in [0.1, 0.15) is 17.3 Å². The van der Waals surface area contributed by atoms with E-state index in [2.05, 4.69) is 0 Å². The van der Waals surface area contributed by atoms with Crippen molar-refractivity contribution in [2.75, 3.05) is 40.9 Å². The Hall–Kier alpha value is -3.32. The van der Waals surface area contributed by atoms with Crippen molar-refractivity contribution >= 4 is 17.4 Å². The van der Waals surface area contributed by atoms with Crippen molar-refractivity contribution in [1.29, 1.82) is 0 Å². The number of carbonyl (C=O) groups excluding carboxylic acids is 2. The van der Waals surface area contributed by atoms with Gasteiger partial charge in [-0.3, -0.25) is 9.59 Å². The summed E-state index contributed by atoms with van der Waals surface area (Å²) in [7, 11) is 5.50. The molecule has 176 valence electrons. The van der Waals surface area contributed by atoms with Crippen LogP contribution in [0.15, 0.2) is 48.0 Å². The highest BCUT2D eigenvalue weighted by molar-refractivity contribution is 6.46. The summed E-state index contributed by atoms with van der Waals surface area (Å²) in [5, 5.41) is 11.3. The molecular weight excluding hydrogens is 420 g/mol. The van der Waals surface area contributed by atoms with E-state index < -0.39 is 17.7 Å². The van der Waals surface area contributed by atoms with E-state index >= 15 is 0 Å². The number of hydrogen-bond donors (Lipinski definition) is 1. The first kappa shape index (κ1) is 24.3. The lowest BCUT2D eigenvalue weighted by Gasteiger charge is -2.26. The van der Waals surface area contributed by atoms with Crippen LogP contribution >= 0.6 is 0 Å². The smallest absolute Gasteiger partial charge is 0.295 e. The van der Waals surface area contributed by atoms with Crippen LogP contribution in [0.5, 0.6) is 11.5 Å². The van der Waals surface area contributed by atoms with E-state index in [1.807, 2.05) is 51.0 Å². The molecule has 7 nitrogen and oxygen atoms in total. The maximum absolute atomic E-state index is 13.1. The molecule has 1 amide bonds. The second kappa shape index (κ2) is 10.5. The van der Waals surface area contributed by atoms with Crippen LogP contribution in [-0.2, 0) is 9.59 Å². The van der Waals surface area contributed by atoms with Gasteiger partial charge in [-0.25, -0.2) is 0 Å². The molecular formula is C26H32N2O5. The monoisotopic (exact) mass is 452 g/mol. The Kier molecular flexibility index (Phi) is 7.76. The largest absolute Gasteiger partial charge is 0.507 e. The van der Waals surface area contributed by atoms with Crippen LogP contribution in [0.25, 0.3) is 5.76 Å². The summed E-state index contributed by atoms with van der Waals surface area (Å²) in [6.07, 6.45) is 0.703. The number of aliphatic hydroxyl groups is 1. The number of amides is 1. The number of ether oxygens (including phenoxy) is 2. The SMILES string of the molecule is CCOc1ccc(C(O)=C2C(=O)C(=O)N(CCCN(C)C)[C@@H]2c2ccc(OC)cc2)c(C)c1. The highest BCUT2D eigenvalue weighted by Crippen LogP contribution is 2.40. The van der Waals surface area contributed by atoms with E-state index in [1.54, 1.807) is 36.3 Å². The van der Waals surface area contributed by atoms with Crippen molar-refractivity contribution in [2.45, 2.75) is 26.3 Å². The van der Waals surface area contributed by atoms with Gasteiger partial charge in [-0.1, -0.05) is 12.1 Å². The van der Waals surface area contributed by atoms with Crippen molar-refractivity contribution < 1.29 is 24.2 Å². The zero-order valence-electron chi connectivity index (χ0n) is 19.9. The number of aryl methyl sites for hydroxylation is 1. The first-order valence-electron chi connectivity index (χ1n) is 11.1. The second-order valence-electron chi connectivity index (χ2n) is 8.33. The Morgan fingerprint density at radius 3 is 2.33 bits per heavy atom. The van der Waals surface area contributed by atoms with Gasteiger partial charge < -0.3 is 24.4 Å². The molecule has 1 N–H and O–H groups in total. The van der Waals surface area contributed by atoms with Crippen LogP contribution in [0.4, 0.5) is 0 Å². The van der Waals surface area contributed by atoms with Gasteiger partial charge in [-0.15, -0.1) is 0 Å². The van der Waals surface area contributed by atoms with Crippen molar-refractivity contribution in [3.8, 4) is 11.5 Å². The molecule has 1 aliphatic heterocycles. The van der Waals surface area contributed by atoms with Crippen molar-refractivity contribution in [3.05, 3.63) is 64.7 Å². The molecule has 0 aliphatic carbocycles. The third-order valence-electron chi connectivity index (χ3n) is 5.74. The minimum Gasteiger partial charge on any atom is -0.507 e. The maximum atomic E-state index is 13.1. The number of Topliss-reactive ketones (excluding diaryl/α,β-unsaturated/α-hetero) is 1. The summed E-state index contributed by atoms with van der Waals surface area (Å²) in [5.74, 6) is -0.0935. The van der Waals surface area contributed by atoms with E-state index in [9.17, 15) is 14.7 Å². The molecule has 2 aromatic rings. The predicted molar refractivity (Wildman–Crippen MR) is 128 cm³/mol. The van der Waals surface area contributed by atoms with E-state index in [-0.39, 0.29) is 11.3 Å². The average Bonchev–Trinajstić information content (AvgIpc) is 3.04. The molecule has 1 fully saturated rings. The predicted octanol–water partition coefficient (Wildman–Crippen LogP) is 3.78. The fraction of sp³-hybridized carbons (Fsp3) is 0.385. The molecule has 2 aromatic carbocycles. The molecule has 0 unspecified atom stereocenters. The Bertz CT molecular complexity index is 1040. The molecule has 1 saturated heterocycles. The summed E-state index contributed by atoms with van der Waals surface area (Å²) >= 11 is 0. The van der Waals surface area contributed by atoms with Gasteiger partial charge in [0.05, 0.1) is 25.3 Å². The van der Waals surface area contributed by atoms with Crippen LogP contribution < -0.4 is 9.47 Å². The van der Waals surface area contributed by atoms with Crippen LogP contribution in [0, 0.1) is 6.92 Å². The quantitative estimate of drug-likeness (QED) is 0.354. The molecule has 33 heavy (non-hydrogen) atoms. The normalized spacial score (nSPS) is 17.6. The van der Waals surface area contributed by atoms with Gasteiger partial charge in [-0.05, 0) is 82.4 Å². The van der Waals surface area contributed by atoms with Crippen LogP contribution in [-0.4, -0.2) is 67.5 Å². The summed E-state index contributed by atoms with van der Waals surface area (Å²) in [4.78, 5) is 29.8. The van der Waals surface area contributed by atoms with E-state index in [1.165, 1.54) is 0 Å². The molecule has 1 aliphatic rings. The van der Waals surface area contributed by atoms with Gasteiger partial charge >= 0.3 is 0 Å². The van der Waals surface area contributed by atoms with E-state index in [4.69, 9.17) is 9.47 Å². The summed E-state index contributed by atoms with van der Waals surface area (Å²) in [6, 6.07) is 11.8. The zero-order chi connectivity index (χ0) is 24.1. The van der Waals surface area contributed by atoms with E-state index in [0.29, 0.717) is 36.6 Å². The van der Waals surface area contributed by atoms with Crippen LogP contribution in [0.1, 0.15) is 36.1 Å². The van der Waals surface area contributed by atoms with Crippen LogP contribution in [0.3, 0.4) is 0 Å². The lowest BCUT2D eigenvalue weighted by Crippen LogP contribution is -2.32. The molecule has 0 saturated carbocycles. The minimum absolute atomic E-state index is 0.0993. The Balaban J connectivity index is 2.09. The number of nitrogens with zero attached hydrogens (tertiary/aromatic N) is 2. The average molecular weight is 453 g/mol. The van der Waals surface area contributed by atoms with Crippen molar-refractivity contribution in [1.82, 2.24) is 9.80 Å². The first-order valence-corrected chi connectivity index (χ1v) is 11.1. The van der Waals surface area contributed by atoms with Gasteiger partial charge in [0.15, 0.2) is 0 Å². The maximum Gasteiger partial charge on any atom is 0.295 e. The molecule has 0 radical (unpaired) electrons. The Labute approximate surface area is 195 Å². The third kappa shape index (κ3) is 5.20. The zero-order valence-corrected chi connectivity index (χ0v) is 19.9. The van der Waals surface area contributed by atoms with E-state index in [0.717, 1.165) is 17.7 Å².